The quantitative estimate of drug-likeness (QED) is 0.770. The second-order valence-electron chi connectivity index (χ2n) is 2.73. The average molecular weight is 189 g/mol. The Labute approximate surface area is 74.6 Å². The zero-order chi connectivity index (χ0) is 9.84. The second-order valence-corrected chi connectivity index (χ2v) is 2.73. The number of aryl methyl sites for hydroxylation is 1. The number of benzene rings is 1. The van der Waals surface area contributed by atoms with Crippen LogP contribution in [-0.2, 0) is 0 Å². The van der Waals surface area contributed by atoms with Crippen LogP contribution >= 0.6 is 0 Å². The SMILES string of the molecule is Cc1cc(F)ccc1NCC(F)F. The molecule has 0 unspecified atom stereocenters. The maximum Gasteiger partial charge on any atom is 0.255 e. The minimum atomic E-state index is -2.40. The Morgan fingerprint density at radius 2 is 2.08 bits per heavy atom. The van der Waals surface area contributed by atoms with Gasteiger partial charge in [-0.3, -0.25) is 0 Å². The number of anilines is 1. The molecule has 0 aliphatic carbocycles. The Morgan fingerprint density at radius 1 is 1.38 bits per heavy atom. The summed E-state index contributed by atoms with van der Waals surface area (Å²) < 4.78 is 36.2. The van der Waals surface area contributed by atoms with E-state index in [-0.39, 0.29) is 5.82 Å². The van der Waals surface area contributed by atoms with Crippen LogP contribution in [0.5, 0.6) is 0 Å². The highest BCUT2D eigenvalue weighted by atomic mass is 19.3. The van der Waals surface area contributed by atoms with Crippen molar-refractivity contribution < 1.29 is 13.2 Å². The lowest BCUT2D eigenvalue weighted by atomic mass is 10.2. The maximum atomic E-state index is 12.6. The minimum Gasteiger partial charge on any atom is -0.379 e. The summed E-state index contributed by atoms with van der Waals surface area (Å²) in [5, 5.41) is 2.52. The van der Waals surface area contributed by atoms with Crippen molar-refractivity contribution in [1.29, 1.82) is 0 Å². The molecule has 0 heterocycles. The first-order valence-electron chi connectivity index (χ1n) is 3.88. The fourth-order valence-electron chi connectivity index (χ4n) is 1.01. The molecular formula is C9H10F3N. The molecule has 1 aromatic carbocycles. The summed E-state index contributed by atoms with van der Waals surface area (Å²) in [6.07, 6.45) is -2.40. The molecule has 0 amide bonds. The van der Waals surface area contributed by atoms with Gasteiger partial charge in [-0.15, -0.1) is 0 Å². The standard InChI is InChI=1S/C9H10F3N/c1-6-4-7(10)2-3-8(6)13-5-9(11)12/h2-4,9,13H,5H2,1H3. The van der Waals surface area contributed by atoms with E-state index in [4.69, 9.17) is 0 Å². The Bertz CT molecular complexity index is 286. The summed E-state index contributed by atoms with van der Waals surface area (Å²) in [5.74, 6) is -0.361. The molecule has 1 N–H and O–H groups in total. The summed E-state index contributed by atoms with van der Waals surface area (Å²) in [4.78, 5) is 0. The number of hydrogen-bond donors (Lipinski definition) is 1. The lowest BCUT2D eigenvalue weighted by molar-refractivity contribution is 0.163. The fraction of sp³-hybridized carbons (Fsp3) is 0.333. The second kappa shape index (κ2) is 4.16. The lowest BCUT2D eigenvalue weighted by Gasteiger charge is -2.08. The van der Waals surface area contributed by atoms with E-state index in [0.717, 1.165) is 0 Å². The van der Waals surface area contributed by atoms with Gasteiger partial charge in [-0.1, -0.05) is 0 Å². The first kappa shape index (κ1) is 9.89. The number of alkyl halides is 2. The Morgan fingerprint density at radius 3 is 2.62 bits per heavy atom. The van der Waals surface area contributed by atoms with Crippen LogP contribution in [0.15, 0.2) is 18.2 Å². The first-order valence-corrected chi connectivity index (χ1v) is 3.88. The van der Waals surface area contributed by atoms with Gasteiger partial charge in [0.25, 0.3) is 6.43 Å². The van der Waals surface area contributed by atoms with E-state index in [1.165, 1.54) is 18.2 Å². The van der Waals surface area contributed by atoms with E-state index < -0.39 is 13.0 Å². The molecule has 0 aliphatic rings. The zero-order valence-corrected chi connectivity index (χ0v) is 7.15. The molecule has 1 rings (SSSR count). The molecule has 0 saturated heterocycles. The van der Waals surface area contributed by atoms with Crippen molar-refractivity contribution in [3.8, 4) is 0 Å². The molecule has 0 aliphatic heterocycles. The summed E-state index contributed by atoms with van der Waals surface area (Å²) in [6.45, 7) is 1.25. The highest BCUT2D eigenvalue weighted by Gasteiger charge is 2.03. The van der Waals surface area contributed by atoms with Crippen molar-refractivity contribution in [2.75, 3.05) is 11.9 Å². The summed E-state index contributed by atoms with van der Waals surface area (Å²) >= 11 is 0. The molecule has 1 nitrogen and oxygen atoms in total. The monoisotopic (exact) mass is 189 g/mol. The van der Waals surface area contributed by atoms with Crippen molar-refractivity contribution in [2.24, 2.45) is 0 Å². The highest BCUT2D eigenvalue weighted by Crippen LogP contribution is 2.15. The van der Waals surface area contributed by atoms with Gasteiger partial charge in [0, 0.05) is 5.69 Å². The number of halogens is 3. The van der Waals surface area contributed by atoms with Gasteiger partial charge in [-0.2, -0.15) is 0 Å². The Hall–Kier alpha value is -1.19. The molecule has 0 saturated carbocycles. The molecule has 0 fully saturated rings. The first-order chi connectivity index (χ1) is 6.09. The van der Waals surface area contributed by atoms with Gasteiger partial charge in [0.2, 0.25) is 0 Å². The average Bonchev–Trinajstić information content (AvgIpc) is 2.02. The molecular weight excluding hydrogens is 179 g/mol. The number of hydrogen-bond acceptors (Lipinski definition) is 1. The van der Waals surface area contributed by atoms with Gasteiger partial charge < -0.3 is 5.32 Å². The van der Waals surface area contributed by atoms with E-state index in [1.807, 2.05) is 0 Å². The van der Waals surface area contributed by atoms with Crippen LogP contribution in [0, 0.1) is 12.7 Å². The number of rotatable bonds is 3. The largest absolute Gasteiger partial charge is 0.379 e. The molecule has 0 aromatic heterocycles. The van der Waals surface area contributed by atoms with Gasteiger partial charge in [-0.25, -0.2) is 13.2 Å². The Kier molecular flexibility index (Phi) is 3.17. The van der Waals surface area contributed by atoms with E-state index in [2.05, 4.69) is 5.32 Å². The molecule has 13 heavy (non-hydrogen) atoms. The Balaban J connectivity index is 2.67. The van der Waals surface area contributed by atoms with Crippen LogP contribution in [0.1, 0.15) is 5.56 Å². The van der Waals surface area contributed by atoms with E-state index >= 15 is 0 Å². The molecule has 0 bridgehead atoms. The molecule has 4 heteroatoms. The van der Waals surface area contributed by atoms with Crippen molar-refractivity contribution in [3.63, 3.8) is 0 Å². The summed E-state index contributed by atoms with van der Waals surface area (Å²) in [6, 6.07) is 3.99. The molecule has 0 atom stereocenters. The van der Waals surface area contributed by atoms with Crippen LogP contribution in [0.25, 0.3) is 0 Å². The third kappa shape index (κ3) is 2.97. The van der Waals surface area contributed by atoms with Crippen molar-refractivity contribution in [1.82, 2.24) is 0 Å². The van der Waals surface area contributed by atoms with Crippen molar-refractivity contribution in [2.45, 2.75) is 13.3 Å². The molecule has 72 valence electrons. The molecule has 1 aromatic rings. The lowest BCUT2D eigenvalue weighted by Crippen LogP contribution is -2.10. The van der Waals surface area contributed by atoms with Gasteiger partial charge in [0.1, 0.15) is 5.82 Å². The van der Waals surface area contributed by atoms with E-state index in [0.29, 0.717) is 11.3 Å². The molecule has 0 radical (unpaired) electrons. The normalized spacial score (nSPS) is 10.5. The van der Waals surface area contributed by atoms with Gasteiger partial charge in [0.15, 0.2) is 0 Å². The summed E-state index contributed by atoms with van der Waals surface area (Å²) in [7, 11) is 0. The van der Waals surface area contributed by atoms with Gasteiger partial charge in [-0.05, 0) is 30.7 Å². The summed E-state index contributed by atoms with van der Waals surface area (Å²) in [5.41, 5.74) is 1.17. The van der Waals surface area contributed by atoms with Gasteiger partial charge in [0.05, 0.1) is 6.54 Å². The third-order valence-electron chi connectivity index (χ3n) is 1.64. The van der Waals surface area contributed by atoms with Crippen LogP contribution in [-0.4, -0.2) is 13.0 Å². The molecule has 0 spiro atoms. The maximum absolute atomic E-state index is 12.6. The van der Waals surface area contributed by atoms with Crippen molar-refractivity contribution in [3.05, 3.63) is 29.6 Å². The minimum absolute atomic E-state index is 0.361. The van der Waals surface area contributed by atoms with E-state index in [1.54, 1.807) is 6.92 Å². The predicted octanol–water partition coefficient (Wildman–Crippen LogP) is 2.81. The zero-order valence-electron chi connectivity index (χ0n) is 7.15. The topological polar surface area (TPSA) is 12.0 Å². The van der Waals surface area contributed by atoms with Crippen LogP contribution in [0.3, 0.4) is 0 Å². The third-order valence-corrected chi connectivity index (χ3v) is 1.64. The van der Waals surface area contributed by atoms with Crippen LogP contribution in [0.4, 0.5) is 18.9 Å². The smallest absolute Gasteiger partial charge is 0.255 e. The van der Waals surface area contributed by atoms with Gasteiger partial charge >= 0.3 is 0 Å². The predicted molar refractivity (Wildman–Crippen MR) is 45.6 cm³/mol. The fourth-order valence-corrected chi connectivity index (χ4v) is 1.01. The van der Waals surface area contributed by atoms with Crippen LogP contribution < -0.4 is 5.32 Å². The van der Waals surface area contributed by atoms with Crippen LogP contribution in [0.2, 0.25) is 0 Å². The highest BCUT2D eigenvalue weighted by molar-refractivity contribution is 5.50. The number of nitrogens with one attached hydrogen (secondary N) is 1. The van der Waals surface area contributed by atoms with Crippen molar-refractivity contribution >= 4 is 5.69 Å². The van der Waals surface area contributed by atoms with E-state index in [9.17, 15) is 13.2 Å².